The molecule has 6 nitrogen and oxygen atoms in total. The van der Waals surface area contributed by atoms with Crippen LogP contribution in [0.4, 0.5) is 0 Å². The number of rotatable bonds is 3. The van der Waals surface area contributed by atoms with Gasteiger partial charge in [-0.2, -0.15) is 5.10 Å². The molecule has 2 unspecified atom stereocenters. The molecule has 1 aliphatic heterocycles. The summed E-state index contributed by atoms with van der Waals surface area (Å²) in [6.07, 6.45) is 0.288. The summed E-state index contributed by atoms with van der Waals surface area (Å²) in [6.45, 7) is 4.49. The zero-order valence-electron chi connectivity index (χ0n) is 12.3. The largest absolute Gasteiger partial charge is 0.385 e. The van der Waals surface area contributed by atoms with Gasteiger partial charge in [-0.3, -0.25) is 9.48 Å². The Morgan fingerprint density at radius 1 is 1.71 bits per heavy atom. The first-order valence-corrected chi connectivity index (χ1v) is 7.78. The summed E-state index contributed by atoms with van der Waals surface area (Å²) in [5.41, 5.74) is -0.0525. The second-order valence-corrected chi connectivity index (χ2v) is 6.62. The topological polar surface area (TPSA) is 76.4 Å². The molecule has 1 amide bonds. The van der Waals surface area contributed by atoms with Gasteiger partial charge in [-0.1, -0.05) is 0 Å². The second kappa shape index (κ2) is 5.08. The van der Waals surface area contributed by atoms with Crippen LogP contribution in [0.3, 0.4) is 0 Å². The fourth-order valence-electron chi connectivity index (χ4n) is 2.64. The van der Waals surface area contributed by atoms with Crippen LogP contribution in [-0.2, 0) is 11.8 Å². The molecule has 0 saturated carbocycles. The Bertz CT molecular complexity index is 658. The molecule has 0 bridgehead atoms. The fourth-order valence-corrected chi connectivity index (χ4v) is 3.68. The first-order valence-electron chi connectivity index (χ1n) is 6.96. The molecular formula is C14H19N3O3S. The van der Waals surface area contributed by atoms with Gasteiger partial charge in [0.25, 0.3) is 5.91 Å². The molecule has 7 heteroatoms. The van der Waals surface area contributed by atoms with Crippen LogP contribution < -0.4 is 5.32 Å². The van der Waals surface area contributed by atoms with Gasteiger partial charge in [-0.15, -0.1) is 11.3 Å². The zero-order valence-corrected chi connectivity index (χ0v) is 13.2. The number of aliphatic hydroxyl groups is 1. The van der Waals surface area contributed by atoms with Gasteiger partial charge < -0.3 is 15.2 Å². The number of hydrogen-bond donors (Lipinski definition) is 2. The van der Waals surface area contributed by atoms with Gasteiger partial charge in [0, 0.05) is 32.0 Å². The van der Waals surface area contributed by atoms with Crippen LogP contribution in [0.5, 0.6) is 0 Å². The van der Waals surface area contributed by atoms with Crippen LogP contribution >= 0.6 is 11.3 Å². The number of nitrogens with one attached hydrogen (secondary N) is 1. The Hall–Kier alpha value is -1.44. The van der Waals surface area contributed by atoms with E-state index in [1.54, 1.807) is 4.68 Å². The summed E-state index contributed by atoms with van der Waals surface area (Å²) < 4.78 is 7.15. The van der Waals surface area contributed by atoms with Crippen LogP contribution in [-0.4, -0.2) is 45.7 Å². The van der Waals surface area contributed by atoms with Crippen molar-refractivity contribution in [3.8, 4) is 0 Å². The van der Waals surface area contributed by atoms with Gasteiger partial charge in [-0.05, 0) is 19.9 Å². The van der Waals surface area contributed by atoms with Crippen LogP contribution in [0.2, 0.25) is 0 Å². The van der Waals surface area contributed by atoms with Crippen molar-refractivity contribution < 1.29 is 14.6 Å². The molecule has 21 heavy (non-hydrogen) atoms. The lowest BCUT2D eigenvalue weighted by Gasteiger charge is -2.25. The number of nitrogens with zero attached hydrogens (tertiary/aromatic N) is 2. The zero-order chi connectivity index (χ0) is 15.2. The van der Waals surface area contributed by atoms with E-state index in [-0.39, 0.29) is 18.6 Å². The molecule has 114 valence electrons. The predicted molar refractivity (Wildman–Crippen MR) is 80.6 cm³/mol. The van der Waals surface area contributed by atoms with E-state index >= 15 is 0 Å². The van der Waals surface area contributed by atoms with Gasteiger partial charge in [0.05, 0.1) is 16.7 Å². The van der Waals surface area contributed by atoms with Crippen molar-refractivity contribution in [2.75, 3.05) is 13.2 Å². The van der Waals surface area contributed by atoms with Gasteiger partial charge in [-0.25, -0.2) is 0 Å². The molecule has 1 fully saturated rings. The quantitative estimate of drug-likeness (QED) is 0.893. The number of carbonyl (C=O) groups excluding carboxylic acids is 1. The Morgan fingerprint density at radius 3 is 3.10 bits per heavy atom. The lowest BCUT2D eigenvalue weighted by Crippen LogP contribution is -2.47. The van der Waals surface area contributed by atoms with Gasteiger partial charge >= 0.3 is 0 Å². The first kappa shape index (κ1) is 14.5. The minimum Gasteiger partial charge on any atom is -0.385 e. The summed E-state index contributed by atoms with van der Waals surface area (Å²) in [6, 6.07) is 1.86. The highest BCUT2D eigenvalue weighted by molar-refractivity contribution is 7.20. The van der Waals surface area contributed by atoms with E-state index in [4.69, 9.17) is 4.74 Å². The van der Waals surface area contributed by atoms with Crippen molar-refractivity contribution in [3.63, 3.8) is 0 Å². The van der Waals surface area contributed by atoms with Crippen LogP contribution in [0.25, 0.3) is 10.2 Å². The molecule has 2 atom stereocenters. The highest BCUT2D eigenvalue weighted by Gasteiger charge is 2.39. The molecule has 1 aliphatic rings. The SMILES string of the molecule is Cc1nn(C)c2sc(C(=O)NCC3(O)CCOC3C)cc12. The lowest BCUT2D eigenvalue weighted by atomic mass is 9.97. The number of ether oxygens (including phenoxy) is 1. The first-order chi connectivity index (χ1) is 9.90. The van der Waals surface area contributed by atoms with Gasteiger partial charge in [0.15, 0.2) is 0 Å². The molecule has 1 saturated heterocycles. The molecule has 3 heterocycles. The summed E-state index contributed by atoms with van der Waals surface area (Å²) in [7, 11) is 1.87. The summed E-state index contributed by atoms with van der Waals surface area (Å²) in [5.74, 6) is -0.164. The van der Waals surface area contributed by atoms with Gasteiger partial charge in [0.1, 0.15) is 10.4 Å². The molecule has 0 aromatic carbocycles. The van der Waals surface area contributed by atoms with Crippen LogP contribution in [0, 0.1) is 6.92 Å². The third-order valence-corrected chi connectivity index (χ3v) is 5.34. The standard InChI is InChI=1S/C14H19N3O3S/c1-8-10-6-11(21-13(10)17(3)16-8)12(18)15-7-14(19)4-5-20-9(14)2/h6,9,19H,4-5,7H2,1-3H3,(H,15,18). The Kier molecular flexibility index (Phi) is 3.51. The minimum absolute atomic E-state index is 0.164. The molecule has 2 aromatic rings. The van der Waals surface area contributed by atoms with Crippen molar-refractivity contribution in [2.45, 2.75) is 32.0 Å². The maximum Gasteiger partial charge on any atom is 0.261 e. The Balaban J connectivity index is 1.74. The highest BCUT2D eigenvalue weighted by Crippen LogP contribution is 2.28. The number of carbonyl (C=O) groups is 1. The predicted octanol–water partition coefficient (Wildman–Crippen LogP) is 1.21. The molecule has 2 aromatic heterocycles. The van der Waals surface area contributed by atoms with Crippen LogP contribution in [0.15, 0.2) is 6.07 Å². The third kappa shape index (κ3) is 2.45. The van der Waals surface area contributed by atoms with Gasteiger partial charge in [0.2, 0.25) is 0 Å². The monoisotopic (exact) mass is 309 g/mol. The highest BCUT2D eigenvalue weighted by atomic mass is 32.1. The molecular weight excluding hydrogens is 290 g/mol. The number of fused-ring (bicyclic) bond motifs is 1. The molecule has 0 aliphatic carbocycles. The van der Waals surface area contributed by atoms with Crippen molar-refractivity contribution >= 4 is 27.5 Å². The van der Waals surface area contributed by atoms with E-state index in [1.165, 1.54) is 11.3 Å². The number of amides is 1. The average Bonchev–Trinajstić information content (AvgIpc) is 3.07. The molecule has 2 N–H and O–H groups in total. The summed E-state index contributed by atoms with van der Waals surface area (Å²) in [4.78, 5) is 13.9. The fraction of sp³-hybridized carbons (Fsp3) is 0.571. The van der Waals surface area contributed by atoms with E-state index in [0.29, 0.717) is 17.9 Å². The lowest BCUT2D eigenvalue weighted by molar-refractivity contribution is -0.0251. The molecule has 0 radical (unpaired) electrons. The van der Waals surface area contributed by atoms with Crippen molar-refractivity contribution in [2.24, 2.45) is 7.05 Å². The van der Waals surface area contributed by atoms with Crippen molar-refractivity contribution in [3.05, 3.63) is 16.6 Å². The van der Waals surface area contributed by atoms with E-state index in [0.717, 1.165) is 15.9 Å². The molecule has 3 rings (SSSR count). The van der Waals surface area contributed by atoms with E-state index in [2.05, 4.69) is 10.4 Å². The van der Waals surface area contributed by atoms with Crippen LogP contribution in [0.1, 0.15) is 28.7 Å². The van der Waals surface area contributed by atoms with E-state index < -0.39 is 5.60 Å². The summed E-state index contributed by atoms with van der Waals surface area (Å²) in [5, 5.41) is 18.5. The minimum atomic E-state index is -0.968. The van der Waals surface area contributed by atoms with Crippen molar-refractivity contribution in [1.29, 1.82) is 0 Å². The maximum atomic E-state index is 12.3. The van der Waals surface area contributed by atoms with E-state index in [9.17, 15) is 9.90 Å². The number of thiophene rings is 1. The third-order valence-electron chi connectivity index (χ3n) is 4.13. The molecule has 0 spiro atoms. The number of aryl methyl sites for hydroxylation is 2. The Labute approximate surface area is 126 Å². The average molecular weight is 309 g/mol. The smallest absolute Gasteiger partial charge is 0.261 e. The number of hydrogen-bond acceptors (Lipinski definition) is 5. The van der Waals surface area contributed by atoms with Crippen molar-refractivity contribution in [1.82, 2.24) is 15.1 Å². The second-order valence-electron chi connectivity index (χ2n) is 5.59. The Morgan fingerprint density at radius 2 is 2.48 bits per heavy atom. The number of aromatic nitrogens is 2. The van der Waals surface area contributed by atoms with E-state index in [1.807, 2.05) is 27.0 Å². The summed E-state index contributed by atoms with van der Waals surface area (Å²) >= 11 is 1.41. The normalized spacial score (nSPS) is 25.6. The maximum absolute atomic E-state index is 12.3.